The summed E-state index contributed by atoms with van der Waals surface area (Å²) in [6, 6.07) is 3.55. The smallest absolute Gasteiger partial charge is 0.416 e. The number of rotatable bonds is 1. The number of hydrogen-bond acceptors (Lipinski definition) is 4. The van der Waals surface area contributed by atoms with Crippen molar-refractivity contribution in [3.05, 3.63) is 53.0 Å². The Bertz CT molecular complexity index is 772. The molecule has 1 saturated heterocycles. The molecule has 2 aliphatic heterocycles. The lowest BCUT2D eigenvalue weighted by Crippen LogP contribution is -2.45. The zero-order chi connectivity index (χ0) is 18.5. The fourth-order valence-corrected chi connectivity index (χ4v) is 4.34. The van der Waals surface area contributed by atoms with E-state index < -0.39 is 17.8 Å². The van der Waals surface area contributed by atoms with E-state index in [4.69, 9.17) is 4.74 Å². The van der Waals surface area contributed by atoms with Crippen LogP contribution in [-0.4, -0.2) is 22.9 Å². The van der Waals surface area contributed by atoms with E-state index in [1.807, 2.05) is 0 Å². The van der Waals surface area contributed by atoms with Crippen LogP contribution in [0, 0.1) is 11.8 Å². The SMILES string of the molecule is OC1=CC([C@@H]2Nc3ccc(C(F)(F)F)cc3[C@H]3OCCC[C@H]32)CC(O)=C1. The largest absolute Gasteiger partial charge is 0.512 e. The monoisotopic (exact) mass is 367 g/mol. The Kier molecular flexibility index (Phi) is 4.14. The van der Waals surface area contributed by atoms with E-state index >= 15 is 0 Å². The first-order valence-corrected chi connectivity index (χ1v) is 8.72. The summed E-state index contributed by atoms with van der Waals surface area (Å²) in [5.74, 6) is -0.0836. The number of aliphatic hydroxyl groups is 2. The Morgan fingerprint density at radius 1 is 1.19 bits per heavy atom. The molecule has 1 aromatic carbocycles. The Balaban J connectivity index is 1.71. The molecule has 7 heteroatoms. The maximum atomic E-state index is 13.1. The van der Waals surface area contributed by atoms with Gasteiger partial charge >= 0.3 is 6.18 Å². The van der Waals surface area contributed by atoms with Crippen LogP contribution in [-0.2, 0) is 10.9 Å². The number of benzene rings is 1. The Labute approximate surface area is 149 Å². The first kappa shape index (κ1) is 17.3. The zero-order valence-corrected chi connectivity index (χ0v) is 14.0. The molecule has 4 nitrogen and oxygen atoms in total. The molecule has 4 rings (SSSR count). The van der Waals surface area contributed by atoms with Crippen LogP contribution in [0.15, 0.2) is 41.9 Å². The summed E-state index contributed by atoms with van der Waals surface area (Å²) in [4.78, 5) is 0. The van der Waals surface area contributed by atoms with Crippen LogP contribution in [0.2, 0.25) is 0 Å². The van der Waals surface area contributed by atoms with Gasteiger partial charge in [0.1, 0.15) is 5.76 Å². The molecule has 2 heterocycles. The van der Waals surface area contributed by atoms with Crippen LogP contribution in [0.5, 0.6) is 0 Å². The van der Waals surface area contributed by atoms with Gasteiger partial charge in [-0.15, -0.1) is 0 Å². The number of halogens is 3. The predicted octanol–water partition coefficient (Wildman–Crippen LogP) is 4.87. The molecule has 1 unspecified atom stereocenters. The number of hydrogen-bond donors (Lipinski definition) is 3. The van der Waals surface area contributed by atoms with Gasteiger partial charge < -0.3 is 20.3 Å². The molecule has 26 heavy (non-hydrogen) atoms. The van der Waals surface area contributed by atoms with Gasteiger partial charge in [-0.05, 0) is 37.1 Å². The van der Waals surface area contributed by atoms with Crippen LogP contribution in [0.4, 0.5) is 18.9 Å². The normalized spacial score (nSPS) is 31.2. The number of ether oxygens (including phenoxy) is 1. The summed E-state index contributed by atoms with van der Waals surface area (Å²) in [6.07, 6.45) is 0.211. The number of aliphatic hydroxyl groups excluding tert-OH is 2. The van der Waals surface area contributed by atoms with Crippen molar-refractivity contribution in [2.24, 2.45) is 11.8 Å². The van der Waals surface area contributed by atoms with Crippen molar-refractivity contribution in [2.75, 3.05) is 11.9 Å². The molecule has 0 radical (unpaired) electrons. The second kappa shape index (κ2) is 6.23. The van der Waals surface area contributed by atoms with E-state index in [-0.39, 0.29) is 29.4 Å². The summed E-state index contributed by atoms with van der Waals surface area (Å²) < 4.78 is 45.2. The van der Waals surface area contributed by atoms with Crippen LogP contribution in [0.25, 0.3) is 0 Å². The highest BCUT2D eigenvalue weighted by atomic mass is 19.4. The molecule has 1 aliphatic carbocycles. The summed E-state index contributed by atoms with van der Waals surface area (Å²) >= 11 is 0. The third kappa shape index (κ3) is 3.05. The second-order valence-electron chi connectivity index (χ2n) is 7.16. The van der Waals surface area contributed by atoms with Crippen molar-refractivity contribution in [1.82, 2.24) is 0 Å². The highest BCUT2D eigenvalue weighted by Crippen LogP contribution is 2.48. The molecular weight excluding hydrogens is 347 g/mol. The molecule has 0 saturated carbocycles. The lowest BCUT2D eigenvalue weighted by Gasteiger charge is -2.46. The third-order valence-electron chi connectivity index (χ3n) is 5.44. The minimum absolute atomic E-state index is 0.00652. The molecule has 0 bridgehead atoms. The average Bonchev–Trinajstić information content (AvgIpc) is 2.59. The topological polar surface area (TPSA) is 61.7 Å². The number of fused-ring (bicyclic) bond motifs is 3. The van der Waals surface area contributed by atoms with Gasteiger partial charge in [0.25, 0.3) is 0 Å². The van der Waals surface area contributed by atoms with Gasteiger partial charge in [-0.25, -0.2) is 0 Å². The average molecular weight is 367 g/mol. The molecule has 3 N–H and O–H groups in total. The van der Waals surface area contributed by atoms with Crippen molar-refractivity contribution >= 4 is 5.69 Å². The maximum Gasteiger partial charge on any atom is 0.416 e. The summed E-state index contributed by atoms with van der Waals surface area (Å²) in [7, 11) is 0. The molecule has 0 amide bonds. The first-order valence-electron chi connectivity index (χ1n) is 8.72. The predicted molar refractivity (Wildman–Crippen MR) is 89.8 cm³/mol. The number of alkyl halides is 3. The van der Waals surface area contributed by atoms with E-state index in [2.05, 4.69) is 5.32 Å². The minimum Gasteiger partial charge on any atom is -0.512 e. The molecule has 0 spiro atoms. The summed E-state index contributed by atoms with van der Waals surface area (Å²) in [6.45, 7) is 0.514. The lowest BCUT2D eigenvalue weighted by molar-refractivity contribution is -0.137. The van der Waals surface area contributed by atoms with Gasteiger partial charge in [-0.3, -0.25) is 0 Å². The number of anilines is 1. The highest BCUT2D eigenvalue weighted by molar-refractivity contribution is 5.58. The Morgan fingerprint density at radius 3 is 2.73 bits per heavy atom. The molecule has 1 fully saturated rings. The van der Waals surface area contributed by atoms with Crippen molar-refractivity contribution in [1.29, 1.82) is 0 Å². The van der Waals surface area contributed by atoms with Gasteiger partial charge in [0.05, 0.1) is 17.4 Å². The van der Waals surface area contributed by atoms with Crippen molar-refractivity contribution in [2.45, 2.75) is 37.6 Å². The molecule has 140 valence electrons. The molecule has 0 aromatic heterocycles. The van der Waals surface area contributed by atoms with Crippen molar-refractivity contribution in [3.8, 4) is 0 Å². The zero-order valence-electron chi connectivity index (χ0n) is 14.0. The van der Waals surface area contributed by atoms with Gasteiger partial charge in [0.2, 0.25) is 0 Å². The van der Waals surface area contributed by atoms with Gasteiger partial charge in [-0.1, -0.05) is 0 Å². The maximum absolute atomic E-state index is 13.1. The van der Waals surface area contributed by atoms with E-state index in [9.17, 15) is 23.4 Å². The Hall–Kier alpha value is -2.15. The first-order chi connectivity index (χ1) is 12.3. The molecule has 1 aromatic rings. The second-order valence-corrected chi connectivity index (χ2v) is 7.16. The van der Waals surface area contributed by atoms with Crippen molar-refractivity contribution < 1.29 is 28.1 Å². The summed E-state index contributed by atoms with van der Waals surface area (Å²) in [5.41, 5.74) is 0.470. The lowest BCUT2D eigenvalue weighted by atomic mass is 9.73. The van der Waals surface area contributed by atoms with Crippen LogP contribution < -0.4 is 5.32 Å². The number of allylic oxidation sites excluding steroid dienone is 2. The standard InChI is InChI=1S/C19H20F3NO3/c20-19(21,22)11-3-4-16-15(8-11)18-14(2-1-5-26-18)17(23-16)10-6-12(24)9-13(25)7-10/h3-4,6,8-10,14,17-18,23-25H,1-2,5,7H2/t10?,14-,17-,18-/m0/s1. The van der Waals surface area contributed by atoms with Gasteiger partial charge in [0.15, 0.2) is 0 Å². The fourth-order valence-electron chi connectivity index (χ4n) is 4.34. The Morgan fingerprint density at radius 2 is 2.00 bits per heavy atom. The molecule has 3 aliphatic rings. The third-order valence-corrected chi connectivity index (χ3v) is 5.44. The summed E-state index contributed by atoms with van der Waals surface area (Å²) in [5, 5.41) is 23.1. The van der Waals surface area contributed by atoms with Crippen LogP contribution in [0.3, 0.4) is 0 Å². The van der Waals surface area contributed by atoms with Gasteiger partial charge in [0, 0.05) is 48.2 Å². The van der Waals surface area contributed by atoms with Crippen molar-refractivity contribution in [3.63, 3.8) is 0 Å². The van der Waals surface area contributed by atoms with E-state index in [1.54, 1.807) is 6.08 Å². The number of nitrogens with one attached hydrogen (secondary N) is 1. The van der Waals surface area contributed by atoms with Crippen LogP contribution in [0.1, 0.15) is 36.5 Å². The van der Waals surface area contributed by atoms with E-state index in [1.165, 1.54) is 18.2 Å². The van der Waals surface area contributed by atoms with E-state index in [0.29, 0.717) is 24.3 Å². The molecular formula is C19H20F3NO3. The highest BCUT2D eigenvalue weighted by Gasteiger charge is 2.43. The molecule has 4 atom stereocenters. The fraction of sp³-hybridized carbons (Fsp3) is 0.474. The quantitative estimate of drug-likeness (QED) is 0.663. The van der Waals surface area contributed by atoms with Crippen LogP contribution >= 0.6 is 0 Å². The minimum atomic E-state index is -4.40. The van der Waals surface area contributed by atoms with Gasteiger partial charge in [-0.2, -0.15) is 13.2 Å². The van der Waals surface area contributed by atoms with E-state index in [0.717, 1.165) is 18.9 Å².